The first kappa shape index (κ1) is 10.4. The van der Waals surface area contributed by atoms with Crippen LogP contribution in [-0.2, 0) is 23.9 Å². The van der Waals surface area contributed by atoms with E-state index in [-0.39, 0.29) is 6.61 Å². The second-order valence-electron chi connectivity index (χ2n) is 2.77. The van der Waals surface area contributed by atoms with Gasteiger partial charge < -0.3 is 9.84 Å². The molecule has 14 heavy (non-hydrogen) atoms. The summed E-state index contributed by atoms with van der Waals surface area (Å²) < 4.78 is 4.47. The molecule has 0 bridgehead atoms. The van der Waals surface area contributed by atoms with Gasteiger partial charge in [-0.15, -0.1) is 0 Å². The van der Waals surface area contributed by atoms with E-state index >= 15 is 0 Å². The van der Waals surface area contributed by atoms with Crippen molar-refractivity contribution >= 4 is 23.5 Å². The van der Waals surface area contributed by atoms with Crippen molar-refractivity contribution in [2.24, 2.45) is 11.8 Å². The summed E-state index contributed by atoms with van der Waals surface area (Å²) in [5, 5.41) is 8.53. The van der Waals surface area contributed by atoms with Crippen LogP contribution in [0.5, 0.6) is 0 Å². The van der Waals surface area contributed by atoms with E-state index in [1.54, 1.807) is 0 Å². The van der Waals surface area contributed by atoms with Gasteiger partial charge in [0.15, 0.2) is 0 Å². The van der Waals surface area contributed by atoms with Gasteiger partial charge in [0.1, 0.15) is 11.8 Å². The van der Waals surface area contributed by atoms with Crippen molar-refractivity contribution in [2.75, 3.05) is 6.61 Å². The van der Waals surface area contributed by atoms with Gasteiger partial charge in [-0.3, -0.25) is 19.2 Å². The number of carboxylic acid groups (broad SMARTS) is 1. The minimum atomic E-state index is -1.55. The van der Waals surface area contributed by atoms with Crippen molar-refractivity contribution in [2.45, 2.75) is 6.92 Å². The zero-order valence-electron chi connectivity index (χ0n) is 7.35. The molecule has 1 saturated carbocycles. The summed E-state index contributed by atoms with van der Waals surface area (Å²) in [6.45, 7) is 1.57. The summed E-state index contributed by atoms with van der Waals surface area (Å²) in [5.74, 6) is -7.41. The van der Waals surface area contributed by atoms with Crippen molar-refractivity contribution in [1.29, 1.82) is 0 Å². The lowest BCUT2D eigenvalue weighted by atomic mass is 9.71. The van der Waals surface area contributed by atoms with Crippen molar-refractivity contribution in [3.63, 3.8) is 0 Å². The predicted molar refractivity (Wildman–Crippen MR) is 41.3 cm³/mol. The normalized spacial score (nSPS) is 25.5. The minimum Gasteiger partial charge on any atom is -0.481 e. The van der Waals surface area contributed by atoms with Crippen molar-refractivity contribution < 1.29 is 29.0 Å². The highest BCUT2D eigenvalue weighted by atomic mass is 16.5. The van der Waals surface area contributed by atoms with E-state index in [2.05, 4.69) is 4.74 Å². The summed E-state index contributed by atoms with van der Waals surface area (Å²) in [4.78, 5) is 43.2. The number of hydrogen-bond acceptors (Lipinski definition) is 5. The lowest BCUT2D eigenvalue weighted by molar-refractivity contribution is -0.173. The number of carboxylic acids is 1. The molecule has 0 heterocycles. The number of ether oxygens (including phenoxy) is 1. The van der Waals surface area contributed by atoms with Gasteiger partial charge in [-0.05, 0) is 6.92 Å². The highest BCUT2D eigenvalue weighted by Crippen LogP contribution is 2.28. The molecule has 6 heteroatoms. The highest BCUT2D eigenvalue weighted by molar-refractivity contribution is 6.52. The standard InChI is InChI=1S/C8H8O6/c1-2-14-8(13)4-3(7(11)12)5(9)6(4)10/h3-4H,2H2,1H3,(H,11,12). The molecule has 2 unspecified atom stereocenters. The van der Waals surface area contributed by atoms with Gasteiger partial charge in [-0.25, -0.2) is 0 Å². The van der Waals surface area contributed by atoms with Gasteiger partial charge in [0.2, 0.25) is 11.6 Å². The Morgan fingerprint density at radius 3 is 2.21 bits per heavy atom. The van der Waals surface area contributed by atoms with Gasteiger partial charge in [0.25, 0.3) is 0 Å². The molecule has 0 aromatic carbocycles. The van der Waals surface area contributed by atoms with Crippen LogP contribution in [0, 0.1) is 11.8 Å². The van der Waals surface area contributed by atoms with Crippen LogP contribution >= 0.6 is 0 Å². The van der Waals surface area contributed by atoms with Gasteiger partial charge in [0, 0.05) is 0 Å². The summed E-state index contributed by atoms with van der Waals surface area (Å²) in [7, 11) is 0. The summed E-state index contributed by atoms with van der Waals surface area (Å²) >= 11 is 0. The van der Waals surface area contributed by atoms with Gasteiger partial charge in [-0.1, -0.05) is 0 Å². The summed E-state index contributed by atoms with van der Waals surface area (Å²) in [6.07, 6.45) is 0. The van der Waals surface area contributed by atoms with Crippen LogP contribution in [-0.4, -0.2) is 35.2 Å². The first-order valence-corrected chi connectivity index (χ1v) is 3.98. The molecule has 1 N–H and O–H groups in total. The van der Waals surface area contributed by atoms with Crippen LogP contribution in [0.25, 0.3) is 0 Å². The lowest BCUT2D eigenvalue weighted by Crippen LogP contribution is -2.56. The van der Waals surface area contributed by atoms with E-state index in [0.29, 0.717) is 0 Å². The fourth-order valence-corrected chi connectivity index (χ4v) is 1.24. The third kappa shape index (κ3) is 1.39. The fraction of sp³-hybridized carbons (Fsp3) is 0.500. The van der Waals surface area contributed by atoms with Crippen LogP contribution in [0.2, 0.25) is 0 Å². The Morgan fingerprint density at radius 1 is 1.29 bits per heavy atom. The third-order valence-corrected chi connectivity index (χ3v) is 1.95. The Labute approximate surface area is 78.8 Å². The molecule has 0 amide bonds. The molecule has 0 spiro atoms. The van der Waals surface area contributed by atoms with E-state index in [4.69, 9.17) is 5.11 Å². The molecule has 1 aliphatic rings. The van der Waals surface area contributed by atoms with E-state index in [9.17, 15) is 19.2 Å². The third-order valence-electron chi connectivity index (χ3n) is 1.95. The maximum Gasteiger partial charge on any atom is 0.318 e. The Hall–Kier alpha value is -1.72. The summed E-state index contributed by atoms with van der Waals surface area (Å²) in [6, 6.07) is 0. The van der Waals surface area contributed by atoms with Crippen LogP contribution < -0.4 is 0 Å². The van der Waals surface area contributed by atoms with Crippen LogP contribution in [0.15, 0.2) is 0 Å². The van der Waals surface area contributed by atoms with E-state index in [0.717, 1.165) is 0 Å². The van der Waals surface area contributed by atoms with Crippen molar-refractivity contribution in [3.8, 4) is 0 Å². The van der Waals surface area contributed by atoms with Crippen LogP contribution in [0.4, 0.5) is 0 Å². The molecule has 6 nitrogen and oxygen atoms in total. The quantitative estimate of drug-likeness (QED) is 0.357. The van der Waals surface area contributed by atoms with Crippen molar-refractivity contribution in [1.82, 2.24) is 0 Å². The molecular weight excluding hydrogens is 192 g/mol. The summed E-state index contributed by atoms with van der Waals surface area (Å²) in [5.41, 5.74) is 0. The monoisotopic (exact) mass is 200 g/mol. The zero-order chi connectivity index (χ0) is 10.9. The number of esters is 1. The Bertz CT molecular complexity index is 318. The molecule has 0 radical (unpaired) electrons. The molecule has 1 aliphatic carbocycles. The Balaban J connectivity index is 2.78. The maximum atomic E-state index is 11.0. The van der Waals surface area contributed by atoms with Gasteiger partial charge in [0.05, 0.1) is 6.61 Å². The number of rotatable bonds is 3. The fourth-order valence-electron chi connectivity index (χ4n) is 1.24. The predicted octanol–water partition coefficient (Wildman–Crippen LogP) is -0.982. The molecule has 0 aromatic rings. The lowest BCUT2D eigenvalue weighted by Gasteiger charge is -2.27. The zero-order valence-corrected chi connectivity index (χ0v) is 7.35. The first-order valence-electron chi connectivity index (χ1n) is 3.98. The van der Waals surface area contributed by atoms with Crippen molar-refractivity contribution in [3.05, 3.63) is 0 Å². The van der Waals surface area contributed by atoms with Gasteiger partial charge >= 0.3 is 11.9 Å². The number of hydrogen-bond donors (Lipinski definition) is 1. The largest absolute Gasteiger partial charge is 0.481 e. The number of carbonyl (C=O) groups excluding carboxylic acids is 3. The number of ketones is 2. The average molecular weight is 200 g/mol. The second-order valence-corrected chi connectivity index (χ2v) is 2.77. The maximum absolute atomic E-state index is 11.0. The van der Waals surface area contributed by atoms with E-state index in [1.165, 1.54) is 6.92 Å². The Morgan fingerprint density at radius 2 is 1.79 bits per heavy atom. The first-order chi connectivity index (χ1) is 6.50. The molecule has 0 aromatic heterocycles. The molecule has 0 aliphatic heterocycles. The van der Waals surface area contributed by atoms with E-state index in [1.807, 2.05) is 0 Å². The number of Topliss-reactive ketones (excluding diaryl/α,β-unsaturated/α-hetero) is 2. The second kappa shape index (κ2) is 3.57. The number of carbonyl (C=O) groups is 4. The molecule has 1 fully saturated rings. The molecule has 1 rings (SSSR count). The smallest absolute Gasteiger partial charge is 0.318 e. The average Bonchev–Trinajstić information content (AvgIpc) is 2.11. The van der Waals surface area contributed by atoms with Crippen LogP contribution in [0.3, 0.4) is 0 Å². The molecule has 76 valence electrons. The molecule has 0 saturated heterocycles. The number of aliphatic carboxylic acids is 1. The molecular formula is C8H8O6. The minimum absolute atomic E-state index is 0.0448. The van der Waals surface area contributed by atoms with Gasteiger partial charge in [-0.2, -0.15) is 0 Å². The topological polar surface area (TPSA) is 97.7 Å². The van der Waals surface area contributed by atoms with E-state index < -0.39 is 35.3 Å². The highest BCUT2D eigenvalue weighted by Gasteiger charge is 2.58. The SMILES string of the molecule is CCOC(=O)C1C(=O)C(=O)C1C(=O)O. The Kier molecular flexibility index (Phi) is 2.64. The molecule has 2 atom stereocenters. The van der Waals surface area contributed by atoms with Crippen LogP contribution in [0.1, 0.15) is 6.92 Å².